The molecule has 0 radical (unpaired) electrons. The zero-order valence-electron chi connectivity index (χ0n) is 21.2. The molecule has 9 heteroatoms. The van der Waals surface area contributed by atoms with Gasteiger partial charge in [-0.1, -0.05) is 24.3 Å². The lowest BCUT2D eigenvalue weighted by Crippen LogP contribution is -2.56. The van der Waals surface area contributed by atoms with E-state index in [1.165, 1.54) is 6.07 Å². The van der Waals surface area contributed by atoms with Gasteiger partial charge in [-0.25, -0.2) is 13.2 Å². The summed E-state index contributed by atoms with van der Waals surface area (Å²) in [6.07, 6.45) is 1.02. The summed E-state index contributed by atoms with van der Waals surface area (Å²) >= 11 is 0. The average Bonchev–Trinajstić information content (AvgIpc) is 3.18. The predicted molar refractivity (Wildman–Crippen MR) is 138 cm³/mol. The smallest absolute Gasteiger partial charge is 0.283 e. The van der Waals surface area contributed by atoms with Crippen molar-refractivity contribution in [3.8, 4) is 0 Å². The number of H-pyrrole nitrogens is 1. The number of hydrogen-bond acceptors (Lipinski definition) is 4. The van der Waals surface area contributed by atoms with Gasteiger partial charge in [-0.3, -0.25) is 14.2 Å². The van der Waals surface area contributed by atoms with Crippen molar-refractivity contribution in [1.82, 2.24) is 14.8 Å². The number of aliphatic hydroxyl groups is 1. The molecule has 5 rings (SSSR count). The Morgan fingerprint density at radius 3 is 2.62 bits per heavy atom. The number of aliphatic hydroxyl groups excluding tert-OH is 1. The molecule has 1 aromatic heterocycles. The third-order valence-electron chi connectivity index (χ3n) is 7.68. The summed E-state index contributed by atoms with van der Waals surface area (Å²) in [7, 11) is 0. The number of anilines is 1. The third kappa shape index (κ3) is 5.09. The minimum atomic E-state index is -3.34. The van der Waals surface area contributed by atoms with Crippen molar-refractivity contribution < 1.29 is 22.7 Å². The highest BCUT2D eigenvalue weighted by Gasteiger charge is 2.47. The molecule has 2 aliphatic heterocycles. The highest BCUT2D eigenvalue weighted by molar-refractivity contribution is 5.85. The van der Waals surface area contributed by atoms with Crippen molar-refractivity contribution in [3.63, 3.8) is 0 Å². The quantitative estimate of drug-likeness (QED) is 0.345. The molecule has 2 aromatic carbocycles. The van der Waals surface area contributed by atoms with Gasteiger partial charge in [0.15, 0.2) is 0 Å². The summed E-state index contributed by atoms with van der Waals surface area (Å²) in [5.41, 5.74) is 2.79. The SMILES string of the molecule is CC1(C)Cc2c([nH]c3ccccc23)C(c2ccc(NC3CN(CCCF)C3)cc2F)N1CC(F)(F)CO. The molecule has 0 saturated carbocycles. The van der Waals surface area contributed by atoms with Crippen LogP contribution in [-0.4, -0.2) is 76.9 Å². The maximum absolute atomic E-state index is 15.8. The number of aromatic nitrogens is 1. The van der Waals surface area contributed by atoms with Gasteiger partial charge in [0.2, 0.25) is 0 Å². The number of aromatic amines is 1. The van der Waals surface area contributed by atoms with Crippen molar-refractivity contribution in [2.24, 2.45) is 0 Å². The number of nitrogens with zero attached hydrogens (tertiary/aromatic N) is 2. The molecule has 0 amide bonds. The van der Waals surface area contributed by atoms with Crippen molar-refractivity contribution >= 4 is 16.6 Å². The van der Waals surface area contributed by atoms with Crippen LogP contribution >= 0.6 is 0 Å². The minimum absolute atomic E-state index is 0.151. The summed E-state index contributed by atoms with van der Waals surface area (Å²) in [6, 6.07) is 12.0. The summed E-state index contributed by atoms with van der Waals surface area (Å²) in [4.78, 5) is 7.14. The summed E-state index contributed by atoms with van der Waals surface area (Å²) in [5, 5.41) is 13.7. The van der Waals surface area contributed by atoms with Crippen molar-refractivity contribution in [2.75, 3.05) is 44.8 Å². The van der Waals surface area contributed by atoms with Crippen LogP contribution in [0, 0.1) is 5.82 Å². The van der Waals surface area contributed by atoms with Crippen LogP contribution in [0.4, 0.5) is 23.2 Å². The number of para-hydroxylation sites is 1. The van der Waals surface area contributed by atoms with Gasteiger partial charge in [-0.2, -0.15) is 0 Å². The third-order valence-corrected chi connectivity index (χ3v) is 7.68. The molecule has 1 atom stereocenters. The number of fused-ring (bicyclic) bond motifs is 3. The van der Waals surface area contributed by atoms with E-state index in [1.807, 2.05) is 38.1 Å². The Labute approximate surface area is 214 Å². The molecule has 1 saturated heterocycles. The Morgan fingerprint density at radius 1 is 1.16 bits per heavy atom. The molecule has 3 N–H and O–H groups in total. The van der Waals surface area contributed by atoms with E-state index in [2.05, 4.69) is 15.2 Å². The van der Waals surface area contributed by atoms with E-state index in [1.54, 1.807) is 17.0 Å². The van der Waals surface area contributed by atoms with E-state index < -0.39 is 36.5 Å². The lowest BCUT2D eigenvalue weighted by Gasteiger charge is -2.48. The second-order valence-electron chi connectivity index (χ2n) is 11.0. The summed E-state index contributed by atoms with van der Waals surface area (Å²) in [6.45, 7) is 3.70. The molecular formula is C28H34F4N4O. The normalized spacial score (nSPS) is 20.7. The van der Waals surface area contributed by atoms with Gasteiger partial charge in [-0.15, -0.1) is 0 Å². The second-order valence-corrected chi connectivity index (χ2v) is 11.0. The fraction of sp³-hybridized carbons (Fsp3) is 0.500. The maximum Gasteiger partial charge on any atom is 0.283 e. The van der Waals surface area contributed by atoms with E-state index in [-0.39, 0.29) is 12.7 Å². The topological polar surface area (TPSA) is 54.5 Å². The van der Waals surface area contributed by atoms with E-state index >= 15 is 4.39 Å². The molecule has 3 aromatic rings. The van der Waals surface area contributed by atoms with Crippen molar-refractivity contribution in [1.29, 1.82) is 0 Å². The maximum atomic E-state index is 15.8. The van der Waals surface area contributed by atoms with Crippen LogP contribution in [0.5, 0.6) is 0 Å². The van der Waals surface area contributed by atoms with Gasteiger partial charge in [-0.05, 0) is 50.5 Å². The molecule has 3 heterocycles. The average molecular weight is 519 g/mol. The lowest BCUT2D eigenvalue weighted by atomic mass is 9.81. The fourth-order valence-corrected chi connectivity index (χ4v) is 5.81. The molecule has 2 aliphatic rings. The van der Waals surface area contributed by atoms with Crippen LogP contribution in [0.2, 0.25) is 0 Å². The molecular weight excluding hydrogens is 484 g/mol. The summed E-state index contributed by atoms with van der Waals surface area (Å²) < 4.78 is 57.3. The van der Waals surface area contributed by atoms with E-state index in [0.717, 1.165) is 29.6 Å². The number of benzene rings is 2. The first-order chi connectivity index (χ1) is 17.6. The van der Waals surface area contributed by atoms with E-state index in [4.69, 9.17) is 0 Å². The predicted octanol–water partition coefficient (Wildman–Crippen LogP) is 5.12. The standard InChI is InChI=1S/C28H34F4N4O/c1-27(2)13-22-20-6-3-4-7-24(20)34-25(22)26(36(27)16-28(31,32)17-37)21-9-8-18(12-23(21)30)33-19-14-35(15-19)11-5-10-29/h3-4,6-9,12,19,26,33-34,37H,5,10-11,13-17H2,1-2H3. The molecule has 0 aliphatic carbocycles. The summed E-state index contributed by atoms with van der Waals surface area (Å²) in [5.74, 6) is -3.82. The zero-order chi connectivity index (χ0) is 26.4. The second kappa shape index (κ2) is 9.93. The largest absolute Gasteiger partial charge is 0.390 e. The first-order valence-electron chi connectivity index (χ1n) is 12.8. The van der Waals surface area contributed by atoms with Crippen molar-refractivity contribution in [3.05, 3.63) is 65.1 Å². The highest BCUT2D eigenvalue weighted by Crippen LogP contribution is 2.46. The lowest BCUT2D eigenvalue weighted by molar-refractivity contribution is -0.100. The molecule has 1 fully saturated rings. The number of halogens is 4. The highest BCUT2D eigenvalue weighted by atomic mass is 19.3. The van der Waals surface area contributed by atoms with Gasteiger partial charge in [0.1, 0.15) is 12.4 Å². The van der Waals surface area contributed by atoms with Crippen LogP contribution in [0.3, 0.4) is 0 Å². The van der Waals surface area contributed by atoms with Gasteiger partial charge in [0.05, 0.1) is 25.3 Å². The molecule has 0 spiro atoms. The Balaban J connectivity index is 1.49. The van der Waals surface area contributed by atoms with E-state index in [9.17, 15) is 18.3 Å². The Morgan fingerprint density at radius 2 is 1.92 bits per heavy atom. The number of hydrogen-bond donors (Lipinski definition) is 3. The first-order valence-corrected chi connectivity index (χ1v) is 12.8. The Kier molecular flexibility index (Phi) is 6.98. The van der Waals surface area contributed by atoms with Crippen LogP contribution in [-0.2, 0) is 6.42 Å². The van der Waals surface area contributed by atoms with Crippen LogP contribution in [0.15, 0.2) is 42.5 Å². The Bertz CT molecular complexity index is 1250. The minimum Gasteiger partial charge on any atom is -0.390 e. The van der Waals surface area contributed by atoms with Gasteiger partial charge in [0.25, 0.3) is 5.92 Å². The van der Waals surface area contributed by atoms with Crippen molar-refractivity contribution in [2.45, 2.75) is 50.2 Å². The number of nitrogens with one attached hydrogen (secondary N) is 2. The number of alkyl halides is 3. The van der Waals surface area contributed by atoms with Gasteiger partial charge < -0.3 is 15.4 Å². The molecule has 0 bridgehead atoms. The van der Waals surface area contributed by atoms with Crippen LogP contribution in [0.25, 0.3) is 10.9 Å². The van der Waals surface area contributed by atoms with Crippen LogP contribution < -0.4 is 5.32 Å². The number of likely N-dealkylation sites (tertiary alicyclic amines) is 1. The molecule has 200 valence electrons. The first kappa shape index (κ1) is 26.0. The van der Waals surface area contributed by atoms with Gasteiger partial charge in [0, 0.05) is 53.0 Å². The molecule has 5 nitrogen and oxygen atoms in total. The monoisotopic (exact) mass is 518 g/mol. The number of rotatable bonds is 9. The molecule has 37 heavy (non-hydrogen) atoms. The molecule has 1 unspecified atom stereocenters. The Hall–Kier alpha value is -2.62. The van der Waals surface area contributed by atoms with E-state index in [0.29, 0.717) is 36.3 Å². The van der Waals surface area contributed by atoms with Gasteiger partial charge >= 0.3 is 0 Å². The fourth-order valence-electron chi connectivity index (χ4n) is 5.81. The zero-order valence-corrected chi connectivity index (χ0v) is 21.2. The van der Waals surface area contributed by atoms with Crippen LogP contribution in [0.1, 0.15) is 43.1 Å².